The van der Waals surface area contributed by atoms with Gasteiger partial charge < -0.3 is 5.11 Å². The maximum atomic E-state index is 10.8. The van der Waals surface area contributed by atoms with E-state index in [1.807, 2.05) is 0 Å². The molecule has 1 aliphatic rings. The number of benzene rings is 1. The Kier molecular flexibility index (Phi) is 3.88. The minimum atomic E-state index is -0.572. The molecule has 2 atom stereocenters. The minimum absolute atomic E-state index is 0.572. The highest BCUT2D eigenvalue weighted by molar-refractivity contribution is 5.26. The Hall–Kier alpha value is -0.820. The van der Waals surface area contributed by atoms with E-state index in [0.29, 0.717) is 0 Å². The molecular weight excluding hydrogens is 208 g/mol. The van der Waals surface area contributed by atoms with Crippen molar-refractivity contribution in [3.63, 3.8) is 0 Å². The lowest BCUT2D eigenvalue weighted by atomic mass is 9.86. The maximum absolute atomic E-state index is 10.8. The molecule has 0 spiro atoms. The van der Waals surface area contributed by atoms with Gasteiger partial charge in [-0.05, 0) is 44.1 Å². The molecule has 2 rings (SSSR count). The lowest BCUT2D eigenvalue weighted by molar-refractivity contribution is 0.0196. The fraction of sp³-hybridized carbons (Fsp3) is 0.625. The van der Waals surface area contributed by atoms with E-state index < -0.39 is 5.60 Å². The van der Waals surface area contributed by atoms with Gasteiger partial charge in [-0.3, -0.25) is 0 Å². The van der Waals surface area contributed by atoms with Crippen molar-refractivity contribution in [1.82, 2.24) is 0 Å². The van der Waals surface area contributed by atoms with Crippen LogP contribution in [0, 0.1) is 12.8 Å². The molecule has 0 aliphatic heterocycles. The van der Waals surface area contributed by atoms with Gasteiger partial charge >= 0.3 is 0 Å². The quantitative estimate of drug-likeness (QED) is 0.759. The Labute approximate surface area is 105 Å². The third-order valence-electron chi connectivity index (χ3n) is 4.34. The van der Waals surface area contributed by atoms with Crippen LogP contribution in [0.2, 0.25) is 0 Å². The van der Waals surface area contributed by atoms with Crippen LogP contribution >= 0.6 is 0 Å². The number of aliphatic hydroxyl groups is 1. The van der Waals surface area contributed by atoms with Gasteiger partial charge in [-0.1, -0.05) is 49.6 Å². The Morgan fingerprint density at radius 1 is 1.18 bits per heavy atom. The molecule has 0 saturated heterocycles. The van der Waals surface area contributed by atoms with Gasteiger partial charge in [0.1, 0.15) is 0 Å². The van der Waals surface area contributed by atoms with Gasteiger partial charge in [0.15, 0.2) is 0 Å². The summed E-state index contributed by atoms with van der Waals surface area (Å²) in [6, 6.07) is 8.41. The number of hydrogen-bond donors (Lipinski definition) is 1. The second kappa shape index (κ2) is 5.22. The normalized spacial score (nSPS) is 29.9. The lowest BCUT2D eigenvalue weighted by Gasteiger charge is -2.27. The number of aryl methyl sites for hydroxylation is 1. The summed E-state index contributed by atoms with van der Waals surface area (Å²) in [6.45, 7) is 4.36. The molecular formula is C16H24O. The molecule has 0 radical (unpaired) electrons. The molecule has 1 fully saturated rings. The Morgan fingerprint density at radius 3 is 2.53 bits per heavy atom. The Balaban J connectivity index is 2.15. The highest BCUT2D eigenvalue weighted by Crippen LogP contribution is 2.38. The van der Waals surface area contributed by atoms with E-state index in [0.717, 1.165) is 30.7 Å². The van der Waals surface area contributed by atoms with Crippen LogP contribution in [0.15, 0.2) is 24.3 Å². The van der Waals surface area contributed by atoms with Crippen molar-refractivity contribution < 1.29 is 5.11 Å². The van der Waals surface area contributed by atoms with E-state index in [1.165, 1.54) is 24.8 Å². The summed E-state index contributed by atoms with van der Waals surface area (Å²) in [5.74, 6) is 0.814. The molecule has 1 N–H and O–H groups in total. The monoisotopic (exact) mass is 232 g/mol. The van der Waals surface area contributed by atoms with Crippen molar-refractivity contribution in [3.8, 4) is 0 Å². The maximum Gasteiger partial charge on any atom is 0.0896 e. The van der Waals surface area contributed by atoms with Crippen molar-refractivity contribution in [2.45, 2.75) is 58.0 Å². The van der Waals surface area contributed by atoms with Crippen LogP contribution in [0.5, 0.6) is 0 Å². The molecule has 1 saturated carbocycles. The van der Waals surface area contributed by atoms with Crippen molar-refractivity contribution in [2.75, 3.05) is 0 Å². The molecule has 17 heavy (non-hydrogen) atoms. The summed E-state index contributed by atoms with van der Waals surface area (Å²) in [4.78, 5) is 0. The zero-order valence-electron chi connectivity index (χ0n) is 11.1. The fourth-order valence-electron chi connectivity index (χ4n) is 2.96. The number of rotatable bonds is 2. The van der Waals surface area contributed by atoms with Crippen molar-refractivity contribution in [2.24, 2.45) is 5.92 Å². The van der Waals surface area contributed by atoms with E-state index >= 15 is 0 Å². The summed E-state index contributed by atoms with van der Waals surface area (Å²) >= 11 is 0. The van der Waals surface area contributed by atoms with Crippen LogP contribution in [0.1, 0.15) is 56.6 Å². The second-order valence-electron chi connectivity index (χ2n) is 5.60. The largest absolute Gasteiger partial charge is 0.385 e. The van der Waals surface area contributed by atoms with E-state index in [4.69, 9.17) is 0 Å². The predicted octanol–water partition coefficient (Wildman–Crippen LogP) is 4.17. The summed E-state index contributed by atoms with van der Waals surface area (Å²) in [5, 5.41) is 10.8. The van der Waals surface area contributed by atoms with Gasteiger partial charge in [-0.15, -0.1) is 0 Å². The molecule has 1 aromatic rings. The van der Waals surface area contributed by atoms with E-state index in [2.05, 4.69) is 38.1 Å². The van der Waals surface area contributed by atoms with Gasteiger partial charge in [0.2, 0.25) is 0 Å². The topological polar surface area (TPSA) is 20.2 Å². The first-order valence-electron chi connectivity index (χ1n) is 6.93. The summed E-state index contributed by atoms with van der Waals surface area (Å²) in [5.41, 5.74) is 1.80. The first-order chi connectivity index (χ1) is 8.14. The van der Waals surface area contributed by atoms with Crippen molar-refractivity contribution >= 4 is 0 Å². The van der Waals surface area contributed by atoms with E-state index in [-0.39, 0.29) is 0 Å². The van der Waals surface area contributed by atoms with Gasteiger partial charge in [0, 0.05) is 0 Å². The van der Waals surface area contributed by atoms with Crippen molar-refractivity contribution in [3.05, 3.63) is 35.4 Å². The predicted molar refractivity (Wildman–Crippen MR) is 71.9 cm³/mol. The third-order valence-corrected chi connectivity index (χ3v) is 4.34. The van der Waals surface area contributed by atoms with Crippen LogP contribution in [-0.2, 0) is 5.60 Å². The molecule has 1 aromatic carbocycles. The van der Waals surface area contributed by atoms with Crippen LogP contribution in [0.25, 0.3) is 0 Å². The molecule has 0 aromatic heterocycles. The highest BCUT2D eigenvalue weighted by Gasteiger charge is 2.31. The standard InChI is InChI=1S/C16H24O/c1-3-14-5-4-11-16(17,12-10-14)15-8-6-13(2)7-9-15/h6-9,14,17H,3-5,10-12H2,1-2H3. The average Bonchev–Trinajstić information content (AvgIpc) is 2.53. The molecule has 0 heterocycles. The molecule has 94 valence electrons. The minimum Gasteiger partial charge on any atom is -0.385 e. The fourth-order valence-corrected chi connectivity index (χ4v) is 2.96. The summed E-state index contributed by atoms with van der Waals surface area (Å²) < 4.78 is 0. The first-order valence-corrected chi connectivity index (χ1v) is 6.93. The van der Waals surface area contributed by atoms with Gasteiger partial charge in [-0.2, -0.15) is 0 Å². The first kappa shape index (κ1) is 12.6. The lowest BCUT2D eigenvalue weighted by Crippen LogP contribution is -2.24. The van der Waals surface area contributed by atoms with Crippen LogP contribution in [0.4, 0.5) is 0 Å². The smallest absolute Gasteiger partial charge is 0.0896 e. The summed E-state index contributed by atoms with van der Waals surface area (Å²) in [6.07, 6.45) is 6.71. The van der Waals surface area contributed by atoms with Crippen molar-refractivity contribution in [1.29, 1.82) is 0 Å². The molecule has 0 amide bonds. The van der Waals surface area contributed by atoms with Gasteiger partial charge in [0.25, 0.3) is 0 Å². The molecule has 0 bridgehead atoms. The van der Waals surface area contributed by atoms with Crippen LogP contribution in [-0.4, -0.2) is 5.11 Å². The molecule has 2 unspecified atom stereocenters. The van der Waals surface area contributed by atoms with Crippen LogP contribution in [0.3, 0.4) is 0 Å². The molecule has 1 nitrogen and oxygen atoms in total. The summed E-state index contributed by atoms with van der Waals surface area (Å²) in [7, 11) is 0. The second-order valence-corrected chi connectivity index (χ2v) is 5.60. The molecule has 1 heteroatoms. The third kappa shape index (κ3) is 2.90. The molecule has 1 aliphatic carbocycles. The zero-order valence-corrected chi connectivity index (χ0v) is 11.1. The van der Waals surface area contributed by atoms with Gasteiger partial charge in [-0.25, -0.2) is 0 Å². The van der Waals surface area contributed by atoms with E-state index in [9.17, 15) is 5.11 Å². The Morgan fingerprint density at radius 2 is 1.88 bits per heavy atom. The average molecular weight is 232 g/mol. The number of hydrogen-bond acceptors (Lipinski definition) is 1. The van der Waals surface area contributed by atoms with Gasteiger partial charge in [0.05, 0.1) is 5.60 Å². The Bertz CT molecular complexity index is 354. The zero-order chi connectivity index (χ0) is 12.3. The SMILES string of the molecule is CCC1CCCC(O)(c2ccc(C)cc2)CC1. The van der Waals surface area contributed by atoms with Crippen LogP contribution < -0.4 is 0 Å². The van der Waals surface area contributed by atoms with E-state index in [1.54, 1.807) is 0 Å². The highest BCUT2D eigenvalue weighted by atomic mass is 16.3.